The SMILES string of the molecule is Cc1cccc(N(C)Cc2ccccc2)c1Pc1cc(C(C)(C)C)cc(C(C)(C)C)c1O. The van der Waals surface area contributed by atoms with Crippen LogP contribution in [0, 0.1) is 6.92 Å². The van der Waals surface area contributed by atoms with Crippen LogP contribution in [0.5, 0.6) is 5.75 Å². The van der Waals surface area contributed by atoms with Gasteiger partial charge in [0, 0.05) is 35.5 Å². The van der Waals surface area contributed by atoms with Crippen molar-refractivity contribution < 1.29 is 5.11 Å². The molecule has 1 N–H and O–H groups in total. The molecule has 0 spiro atoms. The number of aryl methyl sites for hydroxylation is 1. The zero-order chi connectivity index (χ0) is 23.7. The first-order chi connectivity index (χ1) is 14.9. The summed E-state index contributed by atoms with van der Waals surface area (Å²) in [6.07, 6.45) is 0. The normalized spacial score (nSPS) is 12.5. The van der Waals surface area contributed by atoms with E-state index >= 15 is 0 Å². The van der Waals surface area contributed by atoms with E-state index < -0.39 is 0 Å². The molecule has 0 heterocycles. The first-order valence-corrected chi connectivity index (χ1v) is 12.4. The van der Waals surface area contributed by atoms with Crippen LogP contribution in [0.3, 0.4) is 0 Å². The number of anilines is 1. The molecule has 0 aromatic heterocycles. The molecule has 0 saturated heterocycles. The van der Waals surface area contributed by atoms with Gasteiger partial charge in [0.05, 0.1) is 0 Å². The average Bonchev–Trinajstić information content (AvgIpc) is 2.69. The molecule has 1 unspecified atom stereocenters. The molecule has 1 atom stereocenters. The van der Waals surface area contributed by atoms with Crippen LogP contribution < -0.4 is 15.5 Å². The molecule has 0 fully saturated rings. The molecular weight excluding hydrogens is 409 g/mol. The zero-order valence-electron chi connectivity index (χ0n) is 20.9. The van der Waals surface area contributed by atoms with Crippen molar-refractivity contribution in [3.05, 3.63) is 82.9 Å². The second-order valence-corrected chi connectivity index (χ2v) is 12.1. The predicted molar refractivity (Wildman–Crippen MR) is 143 cm³/mol. The highest BCUT2D eigenvalue weighted by Crippen LogP contribution is 2.37. The van der Waals surface area contributed by atoms with Gasteiger partial charge in [-0.05, 0) is 46.6 Å². The van der Waals surface area contributed by atoms with Crippen molar-refractivity contribution in [3.63, 3.8) is 0 Å². The Morgan fingerprint density at radius 1 is 0.844 bits per heavy atom. The molecule has 0 aliphatic heterocycles. The van der Waals surface area contributed by atoms with E-state index in [4.69, 9.17) is 0 Å². The molecule has 3 rings (SSSR count). The van der Waals surface area contributed by atoms with E-state index in [2.05, 4.69) is 121 Å². The Morgan fingerprint density at radius 2 is 1.50 bits per heavy atom. The monoisotopic (exact) mass is 447 g/mol. The second kappa shape index (κ2) is 9.28. The van der Waals surface area contributed by atoms with Crippen LogP contribution in [0.2, 0.25) is 0 Å². The number of hydrogen-bond acceptors (Lipinski definition) is 2. The van der Waals surface area contributed by atoms with Gasteiger partial charge in [-0.1, -0.05) is 98.7 Å². The zero-order valence-corrected chi connectivity index (χ0v) is 21.9. The maximum absolute atomic E-state index is 11.3. The molecule has 2 nitrogen and oxygen atoms in total. The Labute approximate surface area is 196 Å². The molecule has 0 bridgehead atoms. The van der Waals surface area contributed by atoms with E-state index in [9.17, 15) is 5.11 Å². The summed E-state index contributed by atoms with van der Waals surface area (Å²) in [5.41, 5.74) is 5.98. The number of phenolic OH excluding ortho intramolecular Hbond substituents is 1. The van der Waals surface area contributed by atoms with Crippen LogP contribution >= 0.6 is 8.58 Å². The number of hydrogen-bond donors (Lipinski definition) is 1. The largest absolute Gasteiger partial charge is 0.507 e. The lowest BCUT2D eigenvalue weighted by Crippen LogP contribution is -2.25. The van der Waals surface area contributed by atoms with Crippen molar-refractivity contribution in [3.8, 4) is 5.75 Å². The Hall–Kier alpha value is -2.31. The summed E-state index contributed by atoms with van der Waals surface area (Å²) < 4.78 is 0. The van der Waals surface area contributed by atoms with Crippen LogP contribution in [-0.2, 0) is 17.4 Å². The smallest absolute Gasteiger partial charge is 0.127 e. The summed E-state index contributed by atoms with van der Waals surface area (Å²) in [5.74, 6) is 0.448. The van der Waals surface area contributed by atoms with E-state index in [0.717, 1.165) is 17.4 Å². The van der Waals surface area contributed by atoms with Crippen LogP contribution in [0.1, 0.15) is 63.8 Å². The first kappa shape index (κ1) is 24.3. The van der Waals surface area contributed by atoms with E-state index in [0.29, 0.717) is 14.3 Å². The molecule has 3 aromatic rings. The molecule has 0 amide bonds. The number of aromatic hydroxyl groups is 1. The van der Waals surface area contributed by atoms with E-state index in [1.54, 1.807) is 0 Å². The third-order valence-electron chi connectivity index (χ3n) is 5.97. The van der Waals surface area contributed by atoms with Crippen molar-refractivity contribution in [2.75, 3.05) is 11.9 Å². The first-order valence-electron chi connectivity index (χ1n) is 11.4. The fourth-order valence-corrected chi connectivity index (χ4v) is 5.38. The van der Waals surface area contributed by atoms with E-state index in [1.165, 1.54) is 27.7 Å². The summed E-state index contributed by atoms with van der Waals surface area (Å²) in [6, 6.07) is 21.5. The fraction of sp³-hybridized carbons (Fsp3) is 0.379. The van der Waals surface area contributed by atoms with E-state index in [1.807, 2.05) is 0 Å². The molecule has 0 saturated carbocycles. The van der Waals surface area contributed by atoms with E-state index in [-0.39, 0.29) is 10.8 Å². The predicted octanol–water partition coefficient (Wildman–Crippen LogP) is 6.56. The van der Waals surface area contributed by atoms with Gasteiger partial charge in [-0.2, -0.15) is 0 Å². The van der Waals surface area contributed by atoms with Gasteiger partial charge in [0.2, 0.25) is 0 Å². The Morgan fingerprint density at radius 3 is 2.09 bits per heavy atom. The second-order valence-electron chi connectivity index (χ2n) is 10.9. The van der Waals surface area contributed by atoms with Gasteiger partial charge in [-0.25, -0.2) is 0 Å². The molecule has 0 aliphatic carbocycles. The molecular formula is C29H38NOP. The van der Waals surface area contributed by atoms with Crippen molar-refractivity contribution in [1.29, 1.82) is 0 Å². The number of benzene rings is 3. The van der Waals surface area contributed by atoms with Gasteiger partial charge in [-0.3, -0.25) is 0 Å². The standard InChI is InChI=1S/C29H38NOP/c1-20-13-12-16-24(30(8)19-21-14-10-9-11-15-21)27(20)32-25-18-22(28(2,3)4)17-23(26(25)31)29(5,6)7/h9-18,31-32H,19H2,1-8H3. The number of nitrogens with zero attached hydrogens (tertiary/aromatic N) is 1. The van der Waals surface area contributed by atoms with Gasteiger partial charge < -0.3 is 10.0 Å². The highest BCUT2D eigenvalue weighted by molar-refractivity contribution is 7.56. The van der Waals surface area contributed by atoms with Crippen molar-refractivity contribution >= 4 is 24.9 Å². The molecule has 170 valence electrons. The maximum atomic E-state index is 11.3. The quantitative estimate of drug-likeness (QED) is 0.448. The lowest BCUT2D eigenvalue weighted by molar-refractivity contribution is 0.449. The Bertz CT molecular complexity index is 1070. The summed E-state index contributed by atoms with van der Waals surface area (Å²) in [4.78, 5) is 2.32. The lowest BCUT2D eigenvalue weighted by Gasteiger charge is -2.28. The molecule has 0 radical (unpaired) electrons. The van der Waals surface area contributed by atoms with Gasteiger partial charge in [0.25, 0.3) is 0 Å². The van der Waals surface area contributed by atoms with Crippen LogP contribution in [0.15, 0.2) is 60.7 Å². The summed E-state index contributed by atoms with van der Waals surface area (Å²) in [6.45, 7) is 16.3. The van der Waals surface area contributed by atoms with Crippen molar-refractivity contribution in [2.45, 2.75) is 65.8 Å². The van der Waals surface area contributed by atoms with Gasteiger partial charge in [-0.15, -0.1) is 0 Å². The number of phenols is 1. The van der Waals surface area contributed by atoms with Crippen molar-refractivity contribution in [2.24, 2.45) is 0 Å². The Kier molecular flexibility index (Phi) is 7.06. The minimum atomic E-state index is -0.122. The highest BCUT2D eigenvalue weighted by Gasteiger charge is 2.25. The lowest BCUT2D eigenvalue weighted by atomic mass is 9.80. The van der Waals surface area contributed by atoms with Gasteiger partial charge in [0.1, 0.15) is 5.75 Å². The molecule has 3 heteroatoms. The van der Waals surface area contributed by atoms with Crippen LogP contribution in [-0.4, -0.2) is 12.2 Å². The minimum Gasteiger partial charge on any atom is -0.507 e. The summed E-state index contributed by atoms with van der Waals surface area (Å²) in [7, 11) is 2.54. The van der Waals surface area contributed by atoms with Gasteiger partial charge >= 0.3 is 0 Å². The fourth-order valence-electron chi connectivity index (χ4n) is 3.94. The number of rotatable bonds is 5. The topological polar surface area (TPSA) is 23.5 Å². The molecule has 0 aliphatic rings. The maximum Gasteiger partial charge on any atom is 0.127 e. The van der Waals surface area contributed by atoms with Gasteiger partial charge in [0.15, 0.2) is 0 Å². The summed E-state index contributed by atoms with van der Waals surface area (Å²) in [5, 5.41) is 13.7. The van der Waals surface area contributed by atoms with Crippen molar-refractivity contribution in [1.82, 2.24) is 0 Å². The van der Waals surface area contributed by atoms with Crippen LogP contribution in [0.25, 0.3) is 0 Å². The minimum absolute atomic E-state index is 0.0194. The molecule has 3 aromatic carbocycles. The highest BCUT2D eigenvalue weighted by atomic mass is 31.1. The summed E-state index contributed by atoms with van der Waals surface area (Å²) >= 11 is 0. The molecule has 32 heavy (non-hydrogen) atoms. The van der Waals surface area contributed by atoms with Crippen LogP contribution in [0.4, 0.5) is 5.69 Å². The average molecular weight is 448 g/mol. The third-order valence-corrected chi connectivity index (χ3v) is 7.52. The third kappa shape index (κ3) is 5.54. The Balaban J connectivity index is 2.07.